The van der Waals surface area contributed by atoms with E-state index in [1.165, 1.54) is 5.56 Å². The third-order valence-electron chi connectivity index (χ3n) is 3.60. The molecule has 0 unspecified atom stereocenters. The number of hydrogen-bond acceptors (Lipinski definition) is 1. The fraction of sp³-hybridized carbons (Fsp3) is 0.318. The summed E-state index contributed by atoms with van der Waals surface area (Å²) in [5, 5.41) is 0. The Labute approximate surface area is 161 Å². The van der Waals surface area contributed by atoms with Gasteiger partial charge in [-0.25, -0.2) is 0 Å². The van der Waals surface area contributed by atoms with Crippen molar-refractivity contribution in [2.75, 3.05) is 0 Å². The summed E-state index contributed by atoms with van der Waals surface area (Å²) in [7, 11) is -3.26. The summed E-state index contributed by atoms with van der Waals surface area (Å²) in [6.45, 7) is 15.7. The number of nitrogens with zero attached hydrogens (tertiary/aromatic N) is 2. The molecule has 0 atom stereocenters. The standard InChI is InChI=1S/C22H31N2Si2/c1-18-13-15-20(16-14-18)22(24-26(5,6)7)17-21(23-25(2,3)4)19-11-9-8-10-12-19/h8-17H,1-7H3/q-1/b21-17-,24-22-. The van der Waals surface area contributed by atoms with Gasteiger partial charge in [0.05, 0.1) is 5.71 Å². The van der Waals surface area contributed by atoms with Crippen LogP contribution in [0.2, 0.25) is 39.3 Å². The molecule has 2 rings (SSSR count). The SMILES string of the molecule is Cc1ccc(C(/C=C(\[N-][Si](C)(C)C)c2ccccc2)=N\[Si](C)(C)C)cc1. The molecular weight excluding hydrogens is 348 g/mol. The zero-order chi connectivity index (χ0) is 19.4. The van der Waals surface area contributed by atoms with Crippen molar-refractivity contribution in [3.8, 4) is 0 Å². The molecule has 0 spiro atoms. The van der Waals surface area contributed by atoms with Crippen LogP contribution in [0.15, 0.2) is 65.3 Å². The zero-order valence-electron chi connectivity index (χ0n) is 17.2. The van der Waals surface area contributed by atoms with E-state index in [0.29, 0.717) is 0 Å². The first-order valence-corrected chi connectivity index (χ1v) is 16.1. The fourth-order valence-electron chi connectivity index (χ4n) is 2.55. The number of hydrogen-bond donors (Lipinski definition) is 0. The summed E-state index contributed by atoms with van der Waals surface area (Å²) in [6, 6.07) is 19.1. The third-order valence-corrected chi connectivity index (χ3v) is 5.43. The predicted octanol–water partition coefficient (Wildman–Crippen LogP) is 6.87. The lowest BCUT2D eigenvalue weighted by molar-refractivity contribution is 1.45. The number of aryl methyl sites for hydroxylation is 1. The number of benzene rings is 2. The van der Waals surface area contributed by atoms with E-state index in [1.807, 2.05) is 6.07 Å². The lowest BCUT2D eigenvalue weighted by atomic mass is 10.1. The maximum atomic E-state index is 5.14. The van der Waals surface area contributed by atoms with Crippen molar-refractivity contribution in [2.24, 2.45) is 4.66 Å². The van der Waals surface area contributed by atoms with Gasteiger partial charge in [-0.05, 0) is 45.9 Å². The van der Waals surface area contributed by atoms with E-state index in [4.69, 9.17) is 9.64 Å². The molecule has 2 nitrogen and oxygen atoms in total. The lowest BCUT2D eigenvalue weighted by Gasteiger charge is -2.39. The van der Waals surface area contributed by atoms with E-state index in [1.54, 1.807) is 0 Å². The molecule has 0 heterocycles. The first-order chi connectivity index (χ1) is 12.0. The predicted molar refractivity (Wildman–Crippen MR) is 122 cm³/mol. The monoisotopic (exact) mass is 379 g/mol. The first kappa shape index (κ1) is 20.4. The molecule has 0 radical (unpaired) electrons. The molecule has 4 heteroatoms. The van der Waals surface area contributed by atoms with Crippen molar-refractivity contribution < 1.29 is 0 Å². The second kappa shape index (κ2) is 8.19. The average Bonchev–Trinajstić information content (AvgIpc) is 2.52. The first-order valence-electron chi connectivity index (χ1n) is 9.20. The van der Waals surface area contributed by atoms with Crippen LogP contribution in [0.1, 0.15) is 16.7 Å². The summed E-state index contributed by atoms with van der Waals surface area (Å²) in [5.74, 6) is 0. The van der Waals surface area contributed by atoms with Crippen LogP contribution < -0.4 is 0 Å². The molecule has 2 aromatic rings. The smallest absolute Gasteiger partial charge is 0.173 e. The maximum absolute atomic E-state index is 5.14. The molecule has 0 amide bonds. The molecule has 0 fully saturated rings. The van der Waals surface area contributed by atoms with Crippen molar-refractivity contribution in [1.82, 2.24) is 0 Å². The summed E-state index contributed by atoms with van der Waals surface area (Å²) in [6.07, 6.45) is 2.19. The van der Waals surface area contributed by atoms with E-state index >= 15 is 0 Å². The normalized spacial score (nSPS) is 13.7. The van der Waals surface area contributed by atoms with Crippen LogP contribution in [0, 0.1) is 6.92 Å². The van der Waals surface area contributed by atoms with Crippen molar-refractivity contribution >= 4 is 27.9 Å². The van der Waals surface area contributed by atoms with E-state index < -0.39 is 16.5 Å². The van der Waals surface area contributed by atoms with Crippen LogP contribution >= 0.6 is 0 Å². The van der Waals surface area contributed by atoms with E-state index in [0.717, 1.165) is 22.5 Å². The molecule has 2 aromatic carbocycles. The van der Waals surface area contributed by atoms with E-state index in [2.05, 4.69) is 101 Å². The highest BCUT2D eigenvalue weighted by molar-refractivity contribution is 6.82. The Kier molecular flexibility index (Phi) is 6.42. The molecule has 0 bridgehead atoms. The number of rotatable bonds is 6. The van der Waals surface area contributed by atoms with E-state index in [-0.39, 0.29) is 0 Å². The summed E-state index contributed by atoms with van der Waals surface area (Å²) < 4.78 is 5.14. The topological polar surface area (TPSA) is 26.5 Å². The van der Waals surface area contributed by atoms with Gasteiger partial charge in [-0.15, -0.1) is 5.70 Å². The van der Waals surface area contributed by atoms with Crippen LogP contribution in [0.3, 0.4) is 0 Å². The molecule has 0 aromatic heterocycles. The van der Waals surface area contributed by atoms with Gasteiger partial charge in [-0.1, -0.05) is 85.9 Å². The van der Waals surface area contributed by atoms with Gasteiger partial charge in [0.2, 0.25) is 0 Å². The Bertz CT molecular complexity index is 778. The molecule has 0 saturated carbocycles. The molecule has 0 aliphatic carbocycles. The molecule has 0 N–H and O–H groups in total. The Hall–Kier alpha value is -1.92. The molecular formula is C22H31N2Si2-. The number of allylic oxidation sites excluding steroid dienone is 1. The fourth-order valence-corrected chi connectivity index (χ4v) is 4.38. The van der Waals surface area contributed by atoms with Crippen LogP contribution in [0.25, 0.3) is 10.7 Å². The van der Waals surface area contributed by atoms with Gasteiger partial charge >= 0.3 is 0 Å². The van der Waals surface area contributed by atoms with Crippen molar-refractivity contribution in [1.29, 1.82) is 0 Å². The highest BCUT2D eigenvalue weighted by Gasteiger charge is 2.14. The molecule has 0 aliphatic heterocycles. The maximum Gasteiger partial charge on any atom is 0.173 e. The van der Waals surface area contributed by atoms with Gasteiger partial charge in [0.1, 0.15) is 0 Å². The lowest BCUT2D eigenvalue weighted by Crippen LogP contribution is -2.21. The zero-order valence-corrected chi connectivity index (χ0v) is 19.2. The summed E-state index contributed by atoms with van der Waals surface area (Å²) >= 11 is 0. The largest absolute Gasteiger partial charge is 0.687 e. The highest BCUT2D eigenvalue weighted by atomic mass is 28.3. The average molecular weight is 380 g/mol. The molecule has 138 valence electrons. The minimum atomic E-state index is -1.63. The van der Waals surface area contributed by atoms with Crippen LogP contribution in [-0.4, -0.2) is 22.2 Å². The molecule has 26 heavy (non-hydrogen) atoms. The van der Waals surface area contributed by atoms with Gasteiger partial charge in [-0.2, -0.15) is 0 Å². The van der Waals surface area contributed by atoms with Crippen molar-refractivity contribution in [3.05, 3.63) is 82.3 Å². The Balaban J connectivity index is 2.59. The third kappa shape index (κ3) is 6.77. The minimum absolute atomic E-state index is 1.04. The van der Waals surface area contributed by atoms with E-state index in [9.17, 15) is 0 Å². The summed E-state index contributed by atoms with van der Waals surface area (Å²) in [4.78, 5) is 5.13. The van der Waals surface area contributed by atoms with Gasteiger partial charge < -0.3 is 9.64 Å². The highest BCUT2D eigenvalue weighted by Crippen LogP contribution is 2.28. The van der Waals surface area contributed by atoms with Gasteiger partial charge in [0, 0.05) is 0 Å². The Morgan fingerprint density at radius 3 is 1.88 bits per heavy atom. The van der Waals surface area contributed by atoms with Crippen LogP contribution in [0.4, 0.5) is 0 Å². The Morgan fingerprint density at radius 1 is 0.808 bits per heavy atom. The van der Waals surface area contributed by atoms with Crippen LogP contribution in [0.5, 0.6) is 0 Å². The van der Waals surface area contributed by atoms with Gasteiger partial charge in [-0.3, -0.25) is 0 Å². The van der Waals surface area contributed by atoms with Gasteiger partial charge in [0.15, 0.2) is 8.24 Å². The molecule has 0 aliphatic rings. The minimum Gasteiger partial charge on any atom is -0.687 e. The van der Waals surface area contributed by atoms with Crippen LogP contribution in [-0.2, 0) is 0 Å². The van der Waals surface area contributed by atoms with Gasteiger partial charge in [0.25, 0.3) is 0 Å². The summed E-state index contributed by atoms with van der Waals surface area (Å²) in [5.41, 5.74) is 5.68. The Morgan fingerprint density at radius 2 is 1.38 bits per heavy atom. The second-order valence-corrected chi connectivity index (χ2v) is 17.8. The second-order valence-electron chi connectivity index (χ2n) is 8.71. The van der Waals surface area contributed by atoms with Crippen molar-refractivity contribution in [3.63, 3.8) is 0 Å². The van der Waals surface area contributed by atoms with Crippen molar-refractivity contribution in [2.45, 2.75) is 46.2 Å². The molecule has 0 saturated heterocycles. The quantitative estimate of drug-likeness (QED) is 0.387.